The predicted molar refractivity (Wildman–Crippen MR) is 76.4 cm³/mol. The van der Waals surface area contributed by atoms with E-state index >= 15 is 0 Å². The second kappa shape index (κ2) is 6.62. The highest BCUT2D eigenvalue weighted by atomic mass is 32.2. The molecular weight excluding hydrogens is 351 g/mol. The summed E-state index contributed by atoms with van der Waals surface area (Å²) in [5, 5.41) is 8.48. The number of hydrogen-bond acceptors (Lipinski definition) is 7. The molecule has 0 aliphatic heterocycles. The molecule has 21 heavy (non-hydrogen) atoms. The van der Waals surface area contributed by atoms with Crippen LogP contribution >= 0.6 is 23.1 Å². The molecule has 7 nitrogen and oxygen atoms in total. The Bertz CT molecular complexity index is 648. The zero-order chi connectivity index (χ0) is 16.3. The third-order valence-electron chi connectivity index (χ3n) is 1.83. The molecular formula is C8H10F3N5O2S3. The number of aliphatic imine (C=N–C) groups is 1. The highest BCUT2D eigenvalue weighted by Gasteiger charge is 2.45. The lowest BCUT2D eigenvalue weighted by Crippen LogP contribution is -2.28. The number of halogens is 3. The number of nitrogens with two attached hydrogens (primary N) is 2. The third-order valence-corrected chi connectivity index (χ3v) is 5.11. The van der Waals surface area contributed by atoms with E-state index in [1.807, 2.05) is 0 Å². The van der Waals surface area contributed by atoms with Crippen LogP contribution in [0.4, 0.5) is 18.3 Å². The van der Waals surface area contributed by atoms with E-state index in [-0.39, 0.29) is 16.8 Å². The first-order chi connectivity index (χ1) is 9.51. The summed E-state index contributed by atoms with van der Waals surface area (Å²) in [5.41, 5.74) is 5.37. The van der Waals surface area contributed by atoms with Gasteiger partial charge in [0.2, 0.25) is 5.13 Å². The molecule has 5 N–H and O–H groups in total. The highest BCUT2D eigenvalue weighted by molar-refractivity contribution is 8.14. The first-order valence-corrected chi connectivity index (χ1v) is 8.56. The molecule has 0 spiro atoms. The third kappa shape index (κ3) is 5.51. The van der Waals surface area contributed by atoms with Crippen LogP contribution in [0.3, 0.4) is 0 Å². The smallest absolute Gasteiger partial charge is 0.370 e. The van der Waals surface area contributed by atoms with E-state index in [1.165, 1.54) is 0 Å². The molecule has 0 aliphatic rings. The standard InChI is InChI=1S/C8H10F3N5O2S3/c9-8(10,11)21(17,18)3-5(12)19-1-4-2-20-7(15-4)16-6(13)14/h2,12H,1,3H2,(H4,13,14,15,16). The Morgan fingerprint density at radius 2 is 2.10 bits per heavy atom. The predicted octanol–water partition coefficient (Wildman–Crippen LogP) is 1.19. The molecule has 0 amide bonds. The van der Waals surface area contributed by atoms with E-state index in [9.17, 15) is 21.6 Å². The quantitative estimate of drug-likeness (QED) is 0.532. The Kier molecular flexibility index (Phi) is 5.58. The van der Waals surface area contributed by atoms with E-state index < -0.39 is 26.1 Å². The van der Waals surface area contributed by atoms with Crippen molar-refractivity contribution in [2.24, 2.45) is 16.5 Å². The van der Waals surface area contributed by atoms with Gasteiger partial charge in [0.1, 0.15) is 5.75 Å². The zero-order valence-corrected chi connectivity index (χ0v) is 12.7. The fourth-order valence-corrected chi connectivity index (χ4v) is 3.57. The summed E-state index contributed by atoms with van der Waals surface area (Å²) in [6.45, 7) is 0. The minimum absolute atomic E-state index is 0.0444. The summed E-state index contributed by atoms with van der Waals surface area (Å²) in [4.78, 5) is 7.62. The molecule has 1 aromatic heterocycles. The largest absolute Gasteiger partial charge is 0.497 e. The van der Waals surface area contributed by atoms with Crippen molar-refractivity contribution in [1.29, 1.82) is 5.41 Å². The van der Waals surface area contributed by atoms with Crippen molar-refractivity contribution in [2.75, 3.05) is 5.75 Å². The van der Waals surface area contributed by atoms with Gasteiger partial charge >= 0.3 is 5.51 Å². The van der Waals surface area contributed by atoms with Crippen LogP contribution in [0, 0.1) is 5.41 Å². The van der Waals surface area contributed by atoms with Crippen molar-refractivity contribution in [3.05, 3.63) is 11.1 Å². The molecule has 1 heterocycles. The van der Waals surface area contributed by atoms with Gasteiger partial charge in [-0.1, -0.05) is 0 Å². The fraction of sp³-hybridized carbons (Fsp3) is 0.375. The van der Waals surface area contributed by atoms with Crippen molar-refractivity contribution < 1.29 is 21.6 Å². The van der Waals surface area contributed by atoms with Crippen LogP contribution in [0.25, 0.3) is 0 Å². The second-order valence-corrected chi connectivity index (χ2v) is 7.46. The highest BCUT2D eigenvalue weighted by Crippen LogP contribution is 2.26. The molecule has 118 valence electrons. The van der Waals surface area contributed by atoms with Gasteiger partial charge < -0.3 is 11.5 Å². The van der Waals surface area contributed by atoms with Crippen molar-refractivity contribution in [2.45, 2.75) is 11.3 Å². The lowest BCUT2D eigenvalue weighted by Gasteiger charge is -2.07. The number of sulfone groups is 1. The number of hydrogen-bond donors (Lipinski definition) is 3. The lowest BCUT2D eigenvalue weighted by atomic mass is 10.6. The Morgan fingerprint density at radius 3 is 2.62 bits per heavy atom. The van der Waals surface area contributed by atoms with E-state index in [2.05, 4.69) is 9.98 Å². The fourth-order valence-electron chi connectivity index (χ4n) is 0.982. The maximum atomic E-state index is 12.1. The Labute approximate surface area is 126 Å². The number of nitrogens with one attached hydrogen (secondary N) is 1. The van der Waals surface area contributed by atoms with Crippen molar-refractivity contribution >= 4 is 49.1 Å². The Balaban J connectivity index is 2.58. The van der Waals surface area contributed by atoms with Gasteiger partial charge in [0, 0.05) is 11.1 Å². The van der Waals surface area contributed by atoms with Gasteiger partial charge in [0.05, 0.1) is 10.7 Å². The SMILES string of the molecule is N=C(CS(=O)(=O)C(F)(F)F)SCc1csc(N=C(N)N)n1. The van der Waals surface area contributed by atoms with E-state index in [0.29, 0.717) is 17.5 Å². The molecule has 0 saturated heterocycles. The molecule has 1 aromatic rings. The van der Waals surface area contributed by atoms with Gasteiger partial charge in [-0.05, 0) is 0 Å². The number of thiazole rings is 1. The minimum atomic E-state index is -5.36. The van der Waals surface area contributed by atoms with E-state index in [0.717, 1.165) is 11.3 Å². The van der Waals surface area contributed by atoms with E-state index in [4.69, 9.17) is 16.9 Å². The molecule has 0 radical (unpaired) electrons. The van der Waals surface area contributed by atoms with Crippen LogP contribution < -0.4 is 11.5 Å². The number of alkyl halides is 3. The lowest BCUT2D eigenvalue weighted by molar-refractivity contribution is -0.0431. The summed E-state index contributed by atoms with van der Waals surface area (Å²) in [7, 11) is -5.33. The maximum absolute atomic E-state index is 12.1. The van der Waals surface area contributed by atoms with Gasteiger partial charge in [0.15, 0.2) is 5.96 Å². The van der Waals surface area contributed by atoms with Crippen molar-refractivity contribution in [3.8, 4) is 0 Å². The summed E-state index contributed by atoms with van der Waals surface area (Å²) < 4.78 is 58.1. The number of rotatable bonds is 5. The average molecular weight is 361 g/mol. The van der Waals surface area contributed by atoms with Crippen LogP contribution in [-0.2, 0) is 15.6 Å². The van der Waals surface area contributed by atoms with Crippen LogP contribution in [0.15, 0.2) is 10.4 Å². The first-order valence-electron chi connectivity index (χ1n) is 5.04. The van der Waals surface area contributed by atoms with Crippen LogP contribution in [0.2, 0.25) is 0 Å². The van der Waals surface area contributed by atoms with Gasteiger partial charge in [0.25, 0.3) is 9.84 Å². The Morgan fingerprint density at radius 1 is 1.48 bits per heavy atom. The number of nitrogens with zero attached hydrogens (tertiary/aromatic N) is 2. The van der Waals surface area contributed by atoms with E-state index in [1.54, 1.807) is 5.38 Å². The normalized spacial score (nSPS) is 12.1. The number of aromatic nitrogens is 1. The summed E-state index contributed by atoms with van der Waals surface area (Å²) in [5.74, 6) is -1.53. The van der Waals surface area contributed by atoms with Crippen LogP contribution in [0.5, 0.6) is 0 Å². The summed E-state index contributed by atoms with van der Waals surface area (Å²) in [6.07, 6.45) is 0. The molecule has 0 aliphatic carbocycles. The van der Waals surface area contributed by atoms with Gasteiger partial charge in [-0.3, -0.25) is 5.41 Å². The van der Waals surface area contributed by atoms with Gasteiger partial charge in [-0.15, -0.1) is 23.1 Å². The molecule has 0 atom stereocenters. The summed E-state index contributed by atoms with van der Waals surface area (Å²) >= 11 is 1.75. The maximum Gasteiger partial charge on any atom is 0.497 e. The van der Waals surface area contributed by atoms with Gasteiger partial charge in [-0.25, -0.2) is 13.4 Å². The molecule has 0 aromatic carbocycles. The zero-order valence-electron chi connectivity index (χ0n) is 10.2. The molecule has 0 fully saturated rings. The van der Waals surface area contributed by atoms with Crippen LogP contribution in [0.1, 0.15) is 5.69 Å². The molecule has 1 rings (SSSR count). The molecule has 0 unspecified atom stereocenters. The molecule has 0 bridgehead atoms. The average Bonchev–Trinajstić information content (AvgIpc) is 2.71. The Hall–Kier alpha value is -1.34. The first kappa shape index (κ1) is 17.7. The topological polar surface area (TPSA) is 135 Å². The monoisotopic (exact) mass is 361 g/mol. The van der Waals surface area contributed by atoms with Crippen LogP contribution in [-0.4, -0.2) is 35.7 Å². The molecule has 0 saturated carbocycles. The van der Waals surface area contributed by atoms with Crippen molar-refractivity contribution in [3.63, 3.8) is 0 Å². The number of guanidine groups is 1. The minimum Gasteiger partial charge on any atom is -0.370 e. The molecule has 13 heteroatoms. The number of thioether (sulfide) groups is 1. The van der Waals surface area contributed by atoms with Crippen molar-refractivity contribution in [1.82, 2.24) is 4.98 Å². The van der Waals surface area contributed by atoms with Gasteiger partial charge in [-0.2, -0.15) is 18.2 Å². The second-order valence-electron chi connectivity index (χ2n) is 3.57. The summed E-state index contributed by atoms with van der Waals surface area (Å²) in [6, 6.07) is 0.